The number of likely N-dealkylation sites (tertiary alicyclic amines) is 1. The fraction of sp³-hybridized carbons (Fsp3) is 0.667. The Bertz CT molecular complexity index is 508. The van der Waals surface area contributed by atoms with Gasteiger partial charge in [0, 0.05) is 45.0 Å². The molecular formula is C18H29N5. The molecule has 5 heteroatoms. The number of hydrogen-bond acceptors (Lipinski definition) is 5. The highest BCUT2D eigenvalue weighted by molar-refractivity contribution is 5.43. The Morgan fingerprint density at radius 2 is 2.04 bits per heavy atom. The van der Waals surface area contributed by atoms with Crippen molar-refractivity contribution in [1.29, 1.82) is 0 Å². The van der Waals surface area contributed by atoms with Gasteiger partial charge < -0.3 is 10.2 Å². The van der Waals surface area contributed by atoms with E-state index in [-0.39, 0.29) is 0 Å². The molecular weight excluding hydrogens is 286 g/mol. The Kier molecular flexibility index (Phi) is 5.86. The van der Waals surface area contributed by atoms with Crippen molar-refractivity contribution in [3.05, 3.63) is 24.4 Å². The van der Waals surface area contributed by atoms with E-state index < -0.39 is 0 Å². The van der Waals surface area contributed by atoms with Gasteiger partial charge in [0.2, 0.25) is 5.95 Å². The summed E-state index contributed by atoms with van der Waals surface area (Å²) in [4.78, 5) is 14.1. The molecule has 0 aromatic carbocycles. The molecule has 3 rings (SSSR count). The molecule has 2 saturated heterocycles. The normalized spacial score (nSPS) is 23.3. The summed E-state index contributed by atoms with van der Waals surface area (Å²) in [6, 6.07) is 2.50. The Morgan fingerprint density at radius 3 is 2.83 bits per heavy atom. The Balaban J connectivity index is 1.57. The van der Waals surface area contributed by atoms with Crippen LogP contribution in [-0.2, 0) is 0 Å². The van der Waals surface area contributed by atoms with Gasteiger partial charge >= 0.3 is 0 Å². The Hall–Kier alpha value is -1.62. The molecule has 0 bridgehead atoms. The van der Waals surface area contributed by atoms with Crippen LogP contribution in [0.25, 0.3) is 0 Å². The van der Waals surface area contributed by atoms with E-state index >= 15 is 0 Å². The van der Waals surface area contributed by atoms with E-state index in [4.69, 9.17) is 4.98 Å². The molecule has 1 unspecified atom stereocenters. The van der Waals surface area contributed by atoms with Crippen LogP contribution in [0.4, 0.5) is 11.8 Å². The zero-order valence-corrected chi connectivity index (χ0v) is 14.2. The summed E-state index contributed by atoms with van der Waals surface area (Å²) in [7, 11) is 0. The Morgan fingerprint density at radius 1 is 1.22 bits per heavy atom. The first kappa shape index (κ1) is 16.2. The quantitative estimate of drug-likeness (QED) is 0.847. The maximum absolute atomic E-state index is 4.76. The fourth-order valence-electron chi connectivity index (χ4n) is 3.45. The number of aromatic nitrogens is 2. The first-order chi connectivity index (χ1) is 11.3. The predicted octanol–water partition coefficient (Wildman–Crippen LogP) is 2.92. The summed E-state index contributed by atoms with van der Waals surface area (Å²) in [6.07, 6.45) is 12.6. The minimum absolute atomic E-state index is 0.458. The lowest BCUT2D eigenvalue weighted by Gasteiger charge is -2.22. The van der Waals surface area contributed by atoms with Gasteiger partial charge in [-0.3, -0.25) is 4.90 Å². The second kappa shape index (κ2) is 8.29. The van der Waals surface area contributed by atoms with Crippen LogP contribution in [0.2, 0.25) is 0 Å². The summed E-state index contributed by atoms with van der Waals surface area (Å²) in [5.41, 5.74) is 0. The summed E-state index contributed by atoms with van der Waals surface area (Å²) in [6.45, 7) is 7.58. The molecule has 0 saturated carbocycles. The van der Waals surface area contributed by atoms with Crippen molar-refractivity contribution in [1.82, 2.24) is 14.9 Å². The number of allylic oxidation sites excluding steroid dienone is 1. The lowest BCUT2D eigenvalue weighted by Crippen LogP contribution is -2.28. The highest BCUT2D eigenvalue weighted by atomic mass is 15.3. The maximum Gasteiger partial charge on any atom is 0.224 e. The monoisotopic (exact) mass is 315 g/mol. The smallest absolute Gasteiger partial charge is 0.224 e. The zero-order chi connectivity index (χ0) is 15.9. The van der Waals surface area contributed by atoms with Crippen molar-refractivity contribution >= 4 is 11.8 Å². The van der Waals surface area contributed by atoms with Crippen LogP contribution < -0.4 is 10.2 Å². The second-order valence-electron chi connectivity index (χ2n) is 6.60. The van der Waals surface area contributed by atoms with E-state index in [2.05, 4.69) is 39.2 Å². The van der Waals surface area contributed by atoms with E-state index in [0.717, 1.165) is 50.9 Å². The molecule has 23 heavy (non-hydrogen) atoms. The molecule has 1 N–H and O–H groups in total. The van der Waals surface area contributed by atoms with Crippen LogP contribution in [0.1, 0.15) is 39.0 Å². The van der Waals surface area contributed by atoms with Crippen molar-refractivity contribution in [3.63, 3.8) is 0 Å². The maximum atomic E-state index is 4.76. The van der Waals surface area contributed by atoms with Gasteiger partial charge in [-0.25, -0.2) is 4.98 Å². The second-order valence-corrected chi connectivity index (χ2v) is 6.60. The first-order valence-corrected chi connectivity index (χ1v) is 9.03. The lowest BCUT2D eigenvalue weighted by atomic mass is 10.2. The molecule has 0 radical (unpaired) electrons. The molecule has 0 amide bonds. The molecule has 2 aliphatic rings. The molecule has 0 spiro atoms. The number of rotatable bonds is 5. The van der Waals surface area contributed by atoms with Crippen LogP contribution in [0.15, 0.2) is 24.4 Å². The van der Waals surface area contributed by atoms with E-state index in [9.17, 15) is 0 Å². The van der Waals surface area contributed by atoms with Crippen LogP contribution in [-0.4, -0.2) is 53.6 Å². The van der Waals surface area contributed by atoms with E-state index in [1.54, 1.807) is 0 Å². The number of nitrogens with zero attached hydrogens (tertiary/aromatic N) is 4. The largest absolute Gasteiger partial charge is 0.356 e. The summed E-state index contributed by atoms with van der Waals surface area (Å²) < 4.78 is 0. The predicted molar refractivity (Wildman–Crippen MR) is 96.0 cm³/mol. The zero-order valence-electron chi connectivity index (χ0n) is 14.2. The highest BCUT2D eigenvalue weighted by Gasteiger charge is 2.22. The standard InChI is InChI=1S/C18H29N5/c1-2-3-11-22-14-9-16(15-22)20-18-19-10-8-17(21-18)23-12-6-4-5-7-13-23/h2-3,8,10,16H,4-7,9,11-15H2,1H3,(H,19,20,21). The van der Waals surface area contributed by atoms with Crippen LogP contribution in [0, 0.1) is 0 Å². The van der Waals surface area contributed by atoms with Gasteiger partial charge in [-0.1, -0.05) is 25.0 Å². The van der Waals surface area contributed by atoms with Crippen molar-refractivity contribution in [3.8, 4) is 0 Å². The van der Waals surface area contributed by atoms with Crippen LogP contribution >= 0.6 is 0 Å². The van der Waals surface area contributed by atoms with Gasteiger partial charge in [0.25, 0.3) is 0 Å². The minimum Gasteiger partial charge on any atom is -0.356 e. The SMILES string of the molecule is CC=CCN1CCC(Nc2nccc(N3CCCCCC3)n2)C1. The van der Waals surface area contributed by atoms with E-state index in [1.165, 1.54) is 25.7 Å². The van der Waals surface area contributed by atoms with Gasteiger partial charge in [-0.15, -0.1) is 0 Å². The average molecular weight is 315 g/mol. The Labute approximate surface area is 139 Å². The van der Waals surface area contributed by atoms with E-state index in [1.807, 2.05) is 12.3 Å². The summed E-state index contributed by atoms with van der Waals surface area (Å²) in [5.74, 6) is 1.86. The molecule has 126 valence electrons. The third-order valence-corrected chi connectivity index (χ3v) is 4.78. The third kappa shape index (κ3) is 4.67. The number of hydrogen-bond donors (Lipinski definition) is 1. The average Bonchev–Trinajstić information content (AvgIpc) is 2.84. The molecule has 2 aliphatic heterocycles. The topological polar surface area (TPSA) is 44.3 Å². The van der Waals surface area contributed by atoms with Crippen molar-refractivity contribution < 1.29 is 0 Å². The third-order valence-electron chi connectivity index (χ3n) is 4.78. The number of anilines is 2. The van der Waals surface area contributed by atoms with Crippen molar-refractivity contribution in [2.75, 3.05) is 42.9 Å². The van der Waals surface area contributed by atoms with Crippen molar-refractivity contribution in [2.24, 2.45) is 0 Å². The minimum atomic E-state index is 0.458. The van der Waals surface area contributed by atoms with Gasteiger partial charge in [-0.05, 0) is 32.3 Å². The first-order valence-electron chi connectivity index (χ1n) is 9.03. The fourth-order valence-corrected chi connectivity index (χ4v) is 3.45. The van der Waals surface area contributed by atoms with Crippen LogP contribution in [0.3, 0.4) is 0 Å². The molecule has 0 aliphatic carbocycles. The van der Waals surface area contributed by atoms with Crippen molar-refractivity contribution in [2.45, 2.75) is 45.1 Å². The van der Waals surface area contributed by atoms with Gasteiger partial charge in [0.1, 0.15) is 5.82 Å². The molecule has 1 aromatic rings. The van der Waals surface area contributed by atoms with Gasteiger partial charge in [0.05, 0.1) is 0 Å². The number of nitrogens with one attached hydrogen (secondary N) is 1. The lowest BCUT2D eigenvalue weighted by molar-refractivity contribution is 0.373. The molecule has 3 heterocycles. The molecule has 1 atom stereocenters. The van der Waals surface area contributed by atoms with Crippen LogP contribution in [0.5, 0.6) is 0 Å². The highest BCUT2D eigenvalue weighted by Crippen LogP contribution is 2.19. The summed E-state index contributed by atoms with van der Waals surface area (Å²) in [5, 5.41) is 3.53. The van der Waals surface area contributed by atoms with E-state index in [0.29, 0.717) is 6.04 Å². The summed E-state index contributed by atoms with van der Waals surface area (Å²) >= 11 is 0. The molecule has 5 nitrogen and oxygen atoms in total. The van der Waals surface area contributed by atoms with Gasteiger partial charge in [-0.2, -0.15) is 4.98 Å². The molecule has 2 fully saturated rings. The molecule has 1 aromatic heterocycles. The van der Waals surface area contributed by atoms with Gasteiger partial charge in [0.15, 0.2) is 0 Å².